The second kappa shape index (κ2) is 3940. The van der Waals surface area contributed by atoms with E-state index in [0.717, 1.165) is 0 Å². The Kier molecular flexibility index (Phi) is 7030. The largest absolute Gasteiger partial charge is 0.385 e. The Morgan fingerprint density at radius 2 is 1.40 bits per heavy atom. The van der Waals surface area contributed by atoms with Crippen molar-refractivity contribution in [3.63, 3.8) is 0 Å². The molecule has 0 unspecified atom stereocenters. The van der Waals surface area contributed by atoms with E-state index in [4.69, 9.17) is 7.12 Å². The van der Waals surface area contributed by atoms with Crippen LogP contribution in [0.25, 0.3) is 0 Å². The van der Waals surface area contributed by atoms with Crippen molar-refractivity contribution in [1.82, 2.24) is 0 Å². The Labute approximate surface area is 39.6 Å². The maximum absolute atomic E-state index is 8.93. The third-order valence-electron chi connectivity index (χ3n) is 0. The van der Waals surface area contributed by atoms with Crippen LogP contribution in [-0.2, 0) is 4.57 Å². The van der Waals surface area contributed by atoms with Crippen molar-refractivity contribution in [2.75, 3.05) is 0 Å². The lowest BCUT2D eigenvalue weighted by Gasteiger charge is -0.618. The lowest BCUT2D eigenvalue weighted by molar-refractivity contribution is 0.607. The molecule has 0 saturated heterocycles. The molecule has 0 radical (unpaired) electrons. The standard InChI is InChI=1S/3CH4.H2OP/c;;;1-2/h3*1H4;2H2/q;;;+1/i;;;2T2. The number of hydrogen-bond acceptors (Lipinski definition) is 1. The molecule has 0 bridgehead atoms. The molecule has 36 valence electrons. The molecule has 0 aromatic carbocycles. The van der Waals surface area contributed by atoms with Gasteiger partial charge in [-0.25, -0.2) is 0 Å². The first-order chi connectivity index (χ1) is 1.73. The van der Waals surface area contributed by atoms with Crippen LogP contribution in [0.2, 0.25) is 0 Å². The Morgan fingerprint density at radius 1 is 1.40 bits per heavy atom. The van der Waals surface area contributed by atoms with E-state index in [1.807, 2.05) is 0 Å². The van der Waals surface area contributed by atoms with Crippen molar-refractivity contribution in [3.05, 3.63) is 0 Å². The van der Waals surface area contributed by atoms with Gasteiger partial charge in [-0.2, -0.15) is 0 Å². The van der Waals surface area contributed by atoms with E-state index in [2.05, 4.69) is 0 Å². The summed E-state index contributed by atoms with van der Waals surface area (Å²) in [6.45, 7) is 0. The summed E-state index contributed by atoms with van der Waals surface area (Å²) >= 11 is 0. The molecule has 5 heavy (non-hydrogen) atoms. The summed E-state index contributed by atoms with van der Waals surface area (Å²) in [5.74, 6) is 0. The molecule has 0 aromatic rings. The fourth-order valence-electron chi connectivity index (χ4n) is 0. The van der Waals surface area contributed by atoms with E-state index in [1.54, 1.807) is 0 Å². The number of hydrogen-bond donors (Lipinski definition) is 0. The second-order valence-electron chi connectivity index (χ2n) is 0. The van der Waals surface area contributed by atoms with Crippen molar-refractivity contribution in [3.8, 4) is 0 Å². The fraction of sp³-hybridized carbons (Fsp3) is 1.00. The molecular weight excluding hydrogens is 83.0 g/mol. The minimum absolute atomic E-state index is 0. The van der Waals surface area contributed by atoms with Gasteiger partial charge in [-0.3, -0.25) is 0 Å². The fourth-order valence-corrected chi connectivity index (χ4v) is 0. The summed E-state index contributed by atoms with van der Waals surface area (Å²) in [5, 5.41) is 0. The van der Waals surface area contributed by atoms with E-state index in [-0.39, 0.29) is 22.3 Å². The normalized spacial score (nSPS) is 5.60. The molecule has 0 atom stereocenters. The zero-order chi connectivity index (χ0) is 3.58. The lowest BCUT2D eigenvalue weighted by atomic mass is 12.0. The Balaban J connectivity index is -0.0000000150. The van der Waals surface area contributed by atoms with Crippen LogP contribution in [0.5, 0.6) is 0 Å². The molecule has 0 heterocycles. The second-order valence-corrected chi connectivity index (χ2v) is 0. The van der Waals surface area contributed by atoms with Gasteiger partial charge < -0.3 is 0 Å². The molecule has 0 N–H and O–H groups in total. The highest BCUT2D eigenvalue weighted by atomic mass is 31.0. The summed E-state index contributed by atoms with van der Waals surface area (Å²) in [6.07, 6.45) is 0. The zero-order valence-electron chi connectivity index (χ0n) is 2.86. The highest BCUT2D eigenvalue weighted by molar-refractivity contribution is 7.00. The molecule has 0 saturated carbocycles. The third kappa shape index (κ3) is 1810. The Morgan fingerprint density at radius 3 is 1.40 bits per heavy atom. The summed E-state index contributed by atoms with van der Waals surface area (Å²) in [6, 6.07) is 0. The van der Waals surface area contributed by atoms with Crippen LogP contribution in [0.15, 0.2) is 0 Å². The quantitative estimate of drug-likeness (QED) is 0.427. The van der Waals surface area contributed by atoms with Crippen LogP contribution in [0, 0.1) is 0 Å². The smallest absolute Gasteiger partial charge is 0.0801 e. The Hall–Kier alpha value is 0.100. The lowest BCUT2D eigenvalue weighted by Crippen LogP contribution is -0.489. The molecular formula is C3H14OP+. The van der Waals surface area contributed by atoms with Crippen LogP contribution in [0.3, 0.4) is 0 Å². The van der Waals surface area contributed by atoms with Crippen molar-refractivity contribution in [2.45, 2.75) is 22.3 Å². The molecule has 0 fully saturated rings. The van der Waals surface area contributed by atoms with E-state index < -0.39 is 9.01 Å². The maximum Gasteiger partial charge on any atom is 0.385 e. The molecule has 0 aromatic heterocycles. The highest BCUT2D eigenvalue weighted by Crippen LogP contribution is 1.23. The van der Waals surface area contributed by atoms with E-state index in [0.29, 0.717) is 0 Å². The summed E-state index contributed by atoms with van der Waals surface area (Å²) in [4.78, 5) is 0. The van der Waals surface area contributed by atoms with Gasteiger partial charge >= 0.3 is 11.6 Å². The van der Waals surface area contributed by atoms with Gasteiger partial charge in [0.1, 0.15) is 0 Å². The van der Waals surface area contributed by atoms with Crippen LogP contribution in [0.4, 0.5) is 0 Å². The molecule has 0 aliphatic heterocycles. The topological polar surface area (TPSA) is 17.1 Å². The Bertz CT molecular complexity index is 35.9. The first-order valence-corrected chi connectivity index (χ1v) is 0.548. The zero-order valence-corrected chi connectivity index (χ0v) is 1.75. The van der Waals surface area contributed by atoms with Crippen LogP contribution in [0.1, 0.15) is 22.3 Å². The monoisotopic (exact) mass is 101 g/mol. The highest BCUT2D eigenvalue weighted by Gasteiger charge is 0.849. The molecule has 0 aliphatic rings. The van der Waals surface area contributed by atoms with Gasteiger partial charge in [-0.05, 0) is 0 Å². The summed E-state index contributed by atoms with van der Waals surface area (Å²) < 4.78 is 20.4. The van der Waals surface area contributed by atoms with Gasteiger partial charge in [0, 0.05) is 0 Å². The van der Waals surface area contributed by atoms with Gasteiger partial charge in [-0.15, -0.1) is 0 Å². The van der Waals surface area contributed by atoms with Crippen molar-refractivity contribution < 1.29 is 4.57 Å². The summed E-state index contributed by atoms with van der Waals surface area (Å²) in [7, 11) is -2.37. The van der Waals surface area contributed by atoms with Gasteiger partial charge in [0.2, 0.25) is 0 Å². The first kappa shape index (κ1) is 8.92. The van der Waals surface area contributed by atoms with Crippen LogP contribution >= 0.6 is 9.01 Å². The van der Waals surface area contributed by atoms with Gasteiger partial charge in [0.25, 0.3) is 0 Å². The molecule has 0 rings (SSSR count). The van der Waals surface area contributed by atoms with Crippen molar-refractivity contribution >= 4 is 9.01 Å². The maximum atomic E-state index is 8.93. The minimum Gasteiger partial charge on any atom is -0.0801 e. The van der Waals surface area contributed by atoms with Crippen molar-refractivity contribution in [2.24, 2.45) is 0 Å². The van der Waals surface area contributed by atoms with E-state index >= 15 is 0 Å². The predicted octanol–water partition coefficient (Wildman–Crippen LogP) is 2.12. The van der Waals surface area contributed by atoms with Gasteiger partial charge in [0.05, 0.1) is 0 Å². The SMILES string of the molecule is C.C.C.[3H][P+]([3H])=O. The predicted molar refractivity (Wildman–Crippen MR) is 30.6 cm³/mol. The van der Waals surface area contributed by atoms with Crippen molar-refractivity contribution in [1.29, 1.82) is 2.56 Å². The minimum atomic E-state index is -2.37. The van der Waals surface area contributed by atoms with E-state index in [9.17, 15) is 0 Å². The molecule has 1 nitrogen and oxygen atoms in total. The van der Waals surface area contributed by atoms with Crippen LogP contribution < -0.4 is 0 Å². The average molecular weight is 101 g/mol. The van der Waals surface area contributed by atoms with Gasteiger partial charge in [-0.1, -0.05) is 26.8 Å². The number of rotatable bonds is 0. The van der Waals surface area contributed by atoms with Crippen LogP contribution in [-0.4, -0.2) is 2.56 Å². The molecule has 0 aliphatic carbocycles. The summed E-state index contributed by atoms with van der Waals surface area (Å²) in [5.41, 5.74) is 0. The van der Waals surface area contributed by atoms with Gasteiger partial charge in [0.15, 0.2) is 0 Å². The molecule has 0 amide bonds. The average Bonchev–Trinajstić information content (AvgIpc) is 0.811. The first-order valence-electron chi connectivity index (χ1n) is 1.08. The molecule has 0 spiro atoms. The van der Waals surface area contributed by atoms with E-state index in [1.165, 1.54) is 0 Å². The molecule has 2 heteroatoms. The third-order valence-corrected chi connectivity index (χ3v) is 0.